The fraction of sp³-hybridized carbons (Fsp3) is 0.417. The van der Waals surface area contributed by atoms with E-state index in [1.54, 1.807) is 14.0 Å². The summed E-state index contributed by atoms with van der Waals surface area (Å²) >= 11 is 0. The number of nitrogens with zero attached hydrogens (tertiary/aromatic N) is 2. The van der Waals surface area contributed by atoms with Crippen molar-refractivity contribution >= 4 is 17.8 Å². The number of aryl methyl sites for hydroxylation is 1. The minimum Gasteiger partial charge on any atom is -0.478 e. The first-order valence-electron chi connectivity index (χ1n) is 5.77. The first kappa shape index (κ1) is 13.1. The lowest BCUT2D eigenvalue weighted by Gasteiger charge is -2.30. The summed E-state index contributed by atoms with van der Waals surface area (Å²) in [6.07, 6.45) is 0. The van der Waals surface area contributed by atoms with Crippen LogP contribution in [0.1, 0.15) is 21.9 Å². The largest absolute Gasteiger partial charge is 0.478 e. The van der Waals surface area contributed by atoms with Crippen LogP contribution in [0.15, 0.2) is 10.5 Å². The van der Waals surface area contributed by atoms with Crippen LogP contribution in [-0.4, -0.2) is 52.8 Å². The van der Waals surface area contributed by atoms with Crippen molar-refractivity contribution in [3.05, 3.63) is 23.2 Å². The van der Waals surface area contributed by atoms with Gasteiger partial charge in [-0.25, -0.2) is 4.79 Å². The van der Waals surface area contributed by atoms with Gasteiger partial charge in [0, 0.05) is 20.1 Å². The lowest BCUT2D eigenvalue weighted by atomic mass is 10.2. The van der Waals surface area contributed by atoms with Gasteiger partial charge in [0.25, 0.3) is 0 Å². The maximum absolute atomic E-state index is 11.7. The van der Waals surface area contributed by atoms with Crippen molar-refractivity contribution in [2.75, 3.05) is 20.1 Å². The van der Waals surface area contributed by atoms with Crippen LogP contribution in [0.25, 0.3) is 0 Å². The third-order valence-electron chi connectivity index (χ3n) is 3.07. The average Bonchev–Trinajstić information content (AvgIpc) is 2.71. The number of amides is 2. The fourth-order valence-corrected chi connectivity index (χ4v) is 1.95. The Kier molecular flexibility index (Phi) is 3.28. The maximum Gasteiger partial charge on any atom is 0.339 e. The highest BCUT2D eigenvalue weighted by molar-refractivity contribution is 6.35. The molecule has 1 aliphatic rings. The summed E-state index contributed by atoms with van der Waals surface area (Å²) in [5, 5.41) is 8.91. The van der Waals surface area contributed by atoms with E-state index in [9.17, 15) is 14.4 Å². The number of carbonyl (C=O) groups excluding carboxylic acids is 2. The highest BCUT2D eigenvalue weighted by Gasteiger charge is 2.31. The molecule has 1 aromatic heterocycles. The number of aromatic carboxylic acids is 1. The molecule has 7 heteroatoms. The van der Waals surface area contributed by atoms with Gasteiger partial charge < -0.3 is 19.3 Å². The molecule has 1 N–H and O–H groups in total. The minimum atomic E-state index is -1.08. The Morgan fingerprint density at radius 1 is 1.37 bits per heavy atom. The van der Waals surface area contributed by atoms with E-state index < -0.39 is 17.8 Å². The predicted octanol–water partition coefficient (Wildman–Crippen LogP) is 0.0868. The van der Waals surface area contributed by atoms with Crippen LogP contribution in [0.3, 0.4) is 0 Å². The summed E-state index contributed by atoms with van der Waals surface area (Å²) in [5.41, 5.74) is 0.0721. The van der Waals surface area contributed by atoms with Crippen molar-refractivity contribution in [3.8, 4) is 0 Å². The number of hydrogen-bond donors (Lipinski definition) is 1. The zero-order chi connectivity index (χ0) is 14.2. The van der Waals surface area contributed by atoms with Crippen LogP contribution in [0, 0.1) is 6.92 Å². The second kappa shape index (κ2) is 4.75. The molecule has 1 aromatic rings. The van der Waals surface area contributed by atoms with E-state index in [0.29, 0.717) is 18.8 Å². The molecule has 19 heavy (non-hydrogen) atoms. The molecule has 1 fully saturated rings. The van der Waals surface area contributed by atoms with Gasteiger partial charge in [0.2, 0.25) is 0 Å². The molecule has 1 saturated heterocycles. The van der Waals surface area contributed by atoms with Crippen LogP contribution in [0.5, 0.6) is 0 Å². The summed E-state index contributed by atoms with van der Waals surface area (Å²) in [6.45, 7) is 2.51. The lowest BCUT2D eigenvalue weighted by molar-refractivity contribution is -0.155. The van der Waals surface area contributed by atoms with Gasteiger partial charge in [0.1, 0.15) is 17.1 Å². The number of carbonyl (C=O) groups is 3. The quantitative estimate of drug-likeness (QED) is 0.783. The lowest BCUT2D eigenvalue weighted by Crippen LogP contribution is -2.52. The standard InChI is InChI=1S/C12H14N2O5/c1-7-9(12(17)18)5-8(19-7)6-14-4-3-13(2)10(15)11(14)16/h5H,3-4,6H2,1-2H3,(H,17,18). The smallest absolute Gasteiger partial charge is 0.339 e. The van der Waals surface area contributed by atoms with E-state index in [0.717, 1.165) is 0 Å². The Balaban J connectivity index is 2.13. The summed E-state index contributed by atoms with van der Waals surface area (Å²) in [4.78, 5) is 36.9. The van der Waals surface area contributed by atoms with E-state index in [1.165, 1.54) is 15.9 Å². The van der Waals surface area contributed by atoms with Crippen LogP contribution < -0.4 is 0 Å². The summed E-state index contributed by atoms with van der Waals surface area (Å²) in [6, 6.07) is 1.38. The Morgan fingerprint density at radius 3 is 2.63 bits per heavy atom. The van der Waals surface area contributed by atoms with Crippen LogP contribution in [-0.2, 0) is 16.1 Å². The van der Waals surface area contributed by atoms with Crippen molar-refractivity contribution in [3.63, 3.8) is 0 Å². The number of furan rings is 1. The second-order valence-electron chi connectivity index (χ2n) is 4.44. The normalized spacial score (nSPS) is 16.1. The Bertz CT molecular complexity index is 548. The Morgan fingerprint density at radius 2 is 2.05 bits per heavy atom. The SMILES string of the molecule is Cc1oc(CN2CCN(C)C(=O)C2=O)cc1C(=O)O. The minimum absolute atomic E-state index is 0.0721. The molecule has 7 nitrogen and oxygen atoms in total. The van der Waals surface area contributed by atoms with Crippen LogP contribution in [0.4, 0.5) is 0 Å². The molecule has 0 atom stereocenters. The molecule has 102 valence electrons. The highest BCUT2D eigenvalue weighted by atomic mass is 16.4. The van der Waals surface area contributed by atoms with Crippen molar-refractivity contribution in [2.24, 2.45) is 0 Å². The molecule has 0 spiro atoms. The van der Waals surface area contributed by atoms with Gasteiger partial charge in [-0.15, -0.1) is 0 Å². The van der Waals surface area contributed by atoms with E-state index in [-0.39, 0.29) is 17.9 Å². The number of carboxylic acid groups (broad SMARTS) is 1. The first-order chi connectivity index (χ1) is 8.90. The Labute approximate surface area is 109 Å². The maximum atomic E-state index is 11.7. The van der Waals surface area contributed by atoms with Gasteiger partial charge in [-0.1, -0.05) is 0 Å². The van der Waals surface area contributed by atoms with E-state index in [2.05, 4.69) is 0 Å². The third-order valence-corrected chi connectivity index (χ3v) is 3.07. The van der Waals surface area contributed by atoms with E-state index in [1.807, 2.05) is 0 Å². The number of carboxylic acids is 1. The molecule has 0 radical (unpaired) electrons. The molecule has 0 saturated carbocycles. The molecular formula is C12H14N2O5. The summed E-state index contributed by atoms with van der Waals surface area (Å²) in [5.74, 6) is -1.59. The van der Waals surface area contributed by atoms with Crippen molar-refractivity contribution < 1.29 is 23.9 Å². The third kappa shape index (κ3) is 2.44. The monoisotopic (exact) mass is 266 g/mol. The molecule has 1 aliphatic heterocycles. The van der Waals surface area contributed by atoms with E-state index in [4.69, 9.17) is 9.52 Å². The molecule has 2 heterocycles. The van der Waals surface area contributed by atoms with Gasteiger partial charge >= 0.3 is 17.8 Å². The fourth-order valence-electron chi connectivity index (χ4n) is 1.95. The van der Waals surface area contributed by atoms with Gasteiger partial charge in [-0.05, 0) is 13.0 Å². The first-order valence-corrected chi connectivity index (χ1v) is 5.77. The molecule has 2 rings (SSSR count). The van der Waals surface area contributed by atoms with E-state index >= 15 is 0 Å². The zero-order valence-corrected chi connectivity index (χ0v) is 10.7. The molecule has 0 unspecified atom stereocenters. The summed E-state index contributed by atoms with van der Waals surface area (Å²) < 4.78 is 5.29. The average molecular weight is 266 g/mol. The predicted molar refractivity (Wildman–Crippen MR) is 63.5 cm³/mol. The van der Waals surface area contributed by atoms with Gasteiger partial charge in [-0.3, -0.25) is 9.59 Å². The Hall–Kier alpha value is -2.31. The molecule has 2 amide bonds. The highest BCUT2D eigenvalue weighted by Crippen LogP contribution is 2.17. The topological polar surface area (TPSA) is 91.1 Å². The molecule has 0 aliphatic carbocycles. The number of hydrogen-bond acceptors (Lipinski definition) is 4. The number of piperazine rings is 1. The number of rotatable bonds is 3. The van der Waals surface area contributed by atoms with Crippen molar-refractivity contribution in [1.82, 2.24) is 9.80 Å². The van der Waals surface area contributed by atoms with Crippen molar-refractivity contribution in [1.29, 1.82) is 0 Å². The zero-order valence-electron chi connectivity index (χ0n) is 10.7. The molecular weight excluding hydrogens is 252 g/mol. The summed E-state index contributed by atoms with van der Waals surface area (Å²) in [7, 11) is 1.57. The molecule has 0 bridgehead atoms. The van der Waals surface area contributed by atoms with Crippen LogP contribution >= 0.6 is 0 Å². The van der Waals surface area contributed by atoms with Gasteiger partial charge in [0.05, 0.1) is 6.54 Å². The number of likely N-dealkylation sites (N-methyl/N-ethyl adjacent to an activating group) is 1. The van der Waals surface area contributed by atoms with Crippen LogP contribution in [0.2, 0.25) is 0 Å². The molecule has 0 aromatic carbocycles. The second-order valence-corrected chi connectivity index (χ2v) is 4.44. The van der Waals surface area contributed by atoms with Crippen molar-refractivity contribution in [2.45, 2.75) is 13.5 Å². The van der Waals surface area contributed by atoms with Gasteiger partial charge in [-0.2, -0.15) is 0 Å². The van der Waals surface area contributed by atoms with Gasteiger partial charge in [0.15, 0.2) is 0 Å².